The highest BCUT2D eigenvalue weighted by Gasteiger charge is 2.15. The molecule has 0 spiro atoms. The molecule has 0 bridgehead atoms. The van der Waals surface area contributed by atoms with Gasteiger partial charge in [0, 0.05) is 13.2 Å². The van der Waals surface area contributed by atoms with E-state index in [2.05, 4.69) is 51.7 Å². The molecule has 0 aliphatic heterocycles. The molecule has 1 N–H and O–H groups in total. The van der Waals surface area contributed by atoms with E-state index in [1.807, 2.05) is 13.8 Å². The van der Waals surface area contributed by atoms with Crippen molar-refractivity contribution in [3.05, 3.63) is 15.1 Å². The van der Waals surface area contributed by atoms with E-state index >= 15 is 0 Å². The fraction of sp³-hybridized carbons (Fsp3) is 0.692. The summed E-state index contributed by atoms with van der Waals surface area (Å²) in [6, 6.07) is 0. The Morgan fingerprint density at radius 1 is 1.28 bits per heavy atom. The highest BCUT2D eigenvalue weighted by molar-refractivity contribution is 14.1. The second kappa shape index (κ2) is 7.89. The van der Waals surface area contributed by atoms with E-state index in [0.717, 1.165) is 40.3 Å². The lowest BCUT2D eigenvalue weighted by Gasteiger charge is -2.15. The van der Waals surface area contributed by atoms with Crippen LogP contribution in [0.5, 0.6) is 0 Å². The molecule has 1 rings (SSSR count). The third-order valence-corrected chi connectivity index (χ3v) is 3.68. The molecule has 5 heteroatoms. The molecule has 0 fully saturated rings. The molecule has 102 valence electrons. The summed E-state index contributed by atoms with van der Waals surface area (Å²) in [5.74, 6) is 1.70. The Labute approximate surface area is 123 Å². The van der Waals surface area contributed by atoms with Crippen molar-refractivity contribution in [1.29, 1.82) is 0 Å². The molecule has 0 saturated heterocycles. The summed E-state index contributed by atoms with van der Waals surface area (Å²) < 4.78 is 6.71. The van der Waals surface area contributed by atoms with Crippen LogP contribution in [0, 0.1) is 3.57 Å². The van der Waals surface area contributed by atoms with Crippen molar-refractivity contribution in [2.45, 2.75) is 46.6 Å². The first-order chi connectivity index (χ1) is 8.63. The van der Waals surface area contributed by atoms with Gasteiger partial charge in [0.05, 0.1) is 9.26 Å². The highest BCUT2D eigenvalue weighted by atomic mass is 127. The Hall–Kier alpha value is -0.430. The SMILES string of the molecule is CCCc1nc(C(C)OCC)nc(NCC)c1I. The maximum Gasteiger partial charge on any atom is 0.159 e. The normalized spacial score (nSPS) is 12.5. The van der Waals surface area contributed by atoms with Crippen LogP contribution in [0.1, 0.15) is 51.7 Å². The van der Waals surface area contributed by atoms with E-state index in [9.17, 15) is 0 Å². The van der Waals surface area contributed by atoms with Crippen molar-refractivity contribution < 1.29 is 4.74 Å². The Balaban J connectivity index is 3.10. The van der Waals surface area contributed by atoms with Gasteiger partial charge in [-0.2, -0.15) is 0 Å². The first kappa shape index (κ1) is 15.6. The number of ether oxygens (including phenoxy) is 1. The van der Waals surface area contributed by atoms with Gasteiger partial charge in [-0.05, 0) is 49.8 Å². The van der Waals surface area contributed by atoms with Crippen LogP contribution in [0.4, 0.5) is 5.82 Å². The molecule has 1 heterocycles. The summed E-state index contributed by atoms with van der Waals surface area (Å²) in [6.07, 6.45) is 2.01. The van der Waals surface area contributed by atoms with Crippen LogP contribution in [-0.2, 0) is 11.2 Å². The van der Waals surface area contributed by atoms with Crippen LogP contribution in [0.15, 0.2) is 0 Å². The molecule has 0 aliphatic carbocycles. The van der Waals surface area contributed by atoms with Gasteiger partial charge < -0.3 is 10.1 Å². The molecule has 4 nitrogen and oxygen atoms in total. The standard InChI is InChI=1S/C13H22IN3O/c1-5-8-10-11(14)13(15-6-2)17-12(16-10)9(4)18-7-3/h9H,5-8H2,1-4H3,(H,15,16,17). The fourth-order valence-electron chi connectivity index (χ4n) is 1.71. The number of nitrogens with zero attached hydrogens (tertiary/aromatic N) is 2. The predicted molar refractivity (Wildman–Crippen MR) is 82.9 cm³/mol. The minimum absolute atomic E-state index is 0.0555. The Kier molecular flexibility index (Phi) is 6.85. The van der Waals surface area contributed by atoms with E-state index < -0.39 is 0 Å². The molecule has 0 aromatic carbocycles. The first-order valence-corrected chi connectivity index (χ1v) is 7.63. The van der Waals surface area contributed by atoms with Gasteiger partial charge in [0.2, 0.25) is 0 Å². The molecule has 1 unspecified atom stereocenters. The van der Waals surface area contributed by atoms with Crippen molar-refractivity contribution in [3.8, 4) is 0 Å². The summed E-state index contributed by atoms with van der Waals surface area (Å²) in [4.78, 5) is 9.21. The predicted octanol–water partition coefficient (Wildman–Crippen LogP) is 3.56. The molecular weight excluding hydrogens is 341 g/mol. The van der Waals surface area contributed by atoms with E-state index in [1.54, 1.807) is 0 Å². The number of aromatic nitrogens is 2. The largest absolute Gasteiger partial charge is 0.371 e. The topological polar surface area (TPSA) is 47.0 Å². The molecule has 0 radical (unpaired) electrons. The second-order valence-corrected chi connectivity index (χ2v) is 5.15. The number of rotatable bonds is 7. The summed E-state index contributed by atoms with van der Waals surface area (Å²) in [6.45, 7) is 9.76. The van der Waals surface area contributed by atoms with E-state index in [1.165, 1.54) is 0 Å². The van der Waals surface area contributed by atoms with Gasteiger partial charge in [-0.3, -0.25) is 0 Å². The third-order valence-electron chi connectivity index (χ3n) is 2.55. The molecule has 1 atom stereocenters. The summed E-state index contributed by atoms with van der Waals surface area (Å²) in [5, 5.41) is 3.30. The lowest BCUT2D eigenvalue weighted by Crippen LogP contribution is -2.13. The molecule has 0 saturated carbocycles. The zero-order chi connectivity index (χ0) is 13.5. The van der Waals surface area contributed by atoms with E-state index in [0.29, 0.717) is 6.61 Å². The van der Waals surface area contributed by atoms with Crippen LogP contribution >= 0.6 is 22.6 Å². The summed E-state index contributed by atoms with van der Waals surface area (Å²) >= 11 is 2.32. The summed E-state index contributed by atoms with van der Waals surface area (Å²) in [5.41, 5.74) is 1.12. The molecule has 0 amide bonds. The van der Waals surface area contributed by atoms with Gasteiger partial charge in [0.25, 0.3) is 0 Å². The zero-order valence-electron chi connectivity index (χ0n) is 11.6. The fourth-order valence-corrected chi connectivity index (χ4v) is 2.41. The second-order valence-electron chi connectivity index (χ2n) is 4.07. The Morgan fingerprint density at radius 3 is 2.56 bits per heavy atom. The average Bonchev–Trinajstić information content (AvgIpc) is 2.34. The van der Waals surface area contributed by atoms with Crippen LogP contribution in [0.2, 0.25) is 0 Å². The Bertz CT molecular complexity index is 357. The van der Waals surface area contributed by atoms with Crippen LogP contribution in [0.3, 0.4) is 0 Å². The number of nitrogens with one attached hydrogen (secondary N) is 1. The van der Waals surface area contributed by atoms with Gasteiger partial charge in [-0.1, -0.05) is 13.3 Å². The lowest BCUT2D eigenvalue weighted by atomic mass is 10.2. The highest BCUT2D eigenvalue weighted by Crippen LogP contribution is 2.23. The molecular formula is C13H22IN3O. The number of hydrogen-bond donors (Lipinski definition) is 1. The van der Waals surface area contributed by atoms with Gasteiger partial charge in [0.1, 0.15) is 11.9 Å². The maximum absolute atomic E-state index is 5.58. The van der Waals surface area contributed by atoms with Crippen LogP contribution in [-0.4, -0.2) is 23.1 Å². The summed E-state index contributed by atoms with van der Waals surface area (Å²) in [7, 11) is 0. The Morgan fingerprint density at radius 2 is 2.00 bits per heavy atom. The molecule has 18 heavy (non-hydrogen) atoms. The number of halogens is 1. The number of aryl methyl sites for hydroxylation is 1. The lowest BCUT2D eigenvalue weighted by molar-refractivity contribution is 0.0699. The molecule has 1 aromatic rings. The van der Waals surface area contributed by atoms with Crippen molar-refractivity contribution in [3.63, 3.8) is 0 Å². The number of anilines is 1. The van der Waals surface area contributed by atoms with Crippen LogP contribution in [0.25, 0.3) is 0 Å². The van der Waals surface area contributed by atoms with Crippen molar-refractivity contribution >= 4 is 28.4 Å². The quantitative estimate of drug-likeness (QED) is 0.753. The van der Waals surface area contributed by atoms with E-state index in [-0.39, 0.29) is 6.10 Å². The van der Waals surface area contributed by atoms with Crippen molar-refractivity contribution in [2.24, 2.45) is 0 Å². The average molecular weight is 363 g/mol. The third kappa shape index (κ3) is 4.05. The minimum Gasteiger partial charge on any atom is -0.371 e. The maximum atomic E-state index is 5.58. The number of hydrogen-bond acceptors (Lipinski definition) is 4. The monoisotopic (exact) mass is 363 g/mol. The van der Waals surface area contributed by atoms with Crippen LogP contribution < -0.4 is 5.32 Å². The van der Waals surface area contributed by atoms with Crippen molar-refractivity contribution in [2.75, 3.05) is 18.5 Å². The van der Waals surface area contributed by atoms with E-state index in [4.69, 9.17) is 4.74 Å². The van der Waals surface area contributed by atoms with Crippen molar-refractivity contribution in [1.82, 2.24) is 9.97 Å². The van der Waals surface area contributed by atoms with Gasteiger partial charge >= 0.3 is 0 Å². The zero-order valence-corrected chi connectivity index (χ0v) is 13.7. The molecule has 1 aromatic heterocycles. The van der Waals surface area contributed by atoms with Gasteiger partial charge in [-0.15, -0.1) is 0 Å². The molecule has 0 aliphatic rings. The minimum atomic E-state index is -0.0555. The van der Waals surface area contributed by atoms with Gasteiger partial charge in [0.15, 0.2) is 5.82 Å². The van der Waals surface area contributed by atoms with Gasteiger partial charge in [-0.25, -0.2) is 9.97 Å². The first-order valence-electron chi connectivity index (χ1n) is 6.55. The smallest absolute Gasteiger partial charge is 0.159 e.